The van der Waals surface area contributed by atoms with Crippen molar-refractivity contribution >= 4 is 11.5 Å². The highest BCUT2D eigenvalue weighted by Gasteiger charge is 2.55. The van der Waals surface area contributed by atoms with Crippen molar-refractivity contribution < 1.29 is 22.6 Å². The summed E-state index contributed by atoms with van der Waals surface area (Å²) in [5.74, 6) is -0.0969. The smallest absolute Gasteiger partial charge is 0.263 e. The SMILES string of the molecule is COc1c(F)cccc1-c1cc2c(nn1)NCC1(C(F)F)CC(OCc3ccccc3)CN21. The Bertz CT molecular complexity index is 1150. The Hall–Kier alpha value is -3.33. The number of para-hydroxylation sites is 1. The van der Waals surface area contributed by atoms with Crippen LogP contribution in [0.4, 0.5) is 24.7 Å². The molecule has 0 amide bonds. The summed E-state index contributed by atoms with van der Waals surface area (Å²) in [4.78, 5) is 1.67. The summed E-state index contributed by atoms with van der Waals surface area (Å²) in [6.45, 7) is 0.663. The number of nitrogens with one attached hydrogen (secondary N) is 1. The number of halogens is 3. The summed E-state index contributed by atoms with van der Waals surface area (Å²) in [6, 6.07) is 15.8. The maximum absolute atomic E-state index is 14.4. The number of rotatable bonds is 6. The third-order valence-electron chi connectivity index (χ3n) is 6.31. The largest absolute Gasteiger partial charge is 0.493 e. The van der Waals surface area contributed by atoms with Crippen LogP contribution in [0.25, 0.3) is 11.3 Å². The minimum atomic E-state index is -2.61. The third kappa shape index (κ3) is 3.76. The summed E-state index contributed by atoms with van der Waals surface area (Å²) in [7, 11) is 1.37. The Morgan fingerprint density at radius 1 is 1.15 bits per heavy atom. The number of hydrogen-bond donors (Lipinski definition) is 1. The van der Waals surface area contributed by atoms with Crippen LogP contribution < -0.4 is 15.0 Å². The molecule has 3 heterocycles. The van der Waals surface area contributed by atoms with E-state index in [9.17, 15) is 13.2 Å². The lowest BCUT2D eigenvalue weighted by atomic mass is 9.93. The zero-order valence-electron chi connectivity index (χ0n) is 18.0. The van der Waals surface area contributed by atoms with E-state index < -0.39 is 17.8 Å². The van der Waals surface area contributed by atoms with E-state index in [1.54, 1.807) is 23.1 Å². The van der Waals surface area contributed by atoms with Gasteiger partial charge in [0, 0.05) is 25.1 Å². The lowest BCUT2D eigenvalue weighted by Crippen LogP contribution is -2.57. The predicted octanol–water partition coefficient (Wildman–Crippen LogP) is 4.52. The van der Waals surface area contributed by atoms with Crippen molar-refractivity contribution in [1.29, 1.82) is 0 Å². The Labute approximate surface area is 189 Å². The quantitative estimate of drug-likeness (QED) is 0.589. The third-order valence-corrected chi connectivity index (χ3v) is 6.31. The molecule has 1 aromatic heterocycles. The highest BCUT2D eigenvalue weighted by atomic mass is 19.3. The minimum absolute atomic E-state index is 0.0280. The summed E-state index contributed by atoms with van der Waals surface area (Å²) in [5, 5.41) is 11.4. The monoisotopic (exact) mass is 456 g/mol. The number of anilines is 2. The molecule has 0 aliphatic carbocycles. The van der Waals surface area contributed by atoms with Crippen LogP contribution in [0.2, 0.25) is 0 Å². The van der Waals surface area contributed by atoms with Crippen molar-refractivity contribution in [3.8, 4) is 17.0 Å². The molecule has 3 aromatic rings. The van der Waals surface area contributed by atoms with Crippen LogP contribution >= 0.6 is 0 Å². The highest BCUT2D eigenvalue weighted by molar-refractivity contribution is 5.78. The van der Waals surface area contributed by atoms with Crippen LogP contribution in [0.5, 0.6) is 5.75 Å². The first-order valence-corrected chi connectivity index (χ1v) is 10.7. The van der Waals surface area contributed by atoms with E-state index in [0.29, 0.717) is 29.4 Å². The van der Waals surface area contributed by atoms with Crippen LogP contribution in [0.15, 0.2) is 54.6 Å². The van der Waals surface area contributed by atoms with Crippen LogP contribution in [0, 0.1) is 5.82 Å². The molecule has 6 nitrogen and oxygen atoms in total. The van der Waals surface area contributed by atoms with Crippen LogP contribution in [-0.4, -0.2) is 48.5 Å². The second-order valence-corrected chi connectivity index (χ2v) is 8.28. The Kier molecular flexibility index (Phi) is 5.57. The molecule has 2 unspecified atom stereocenters. The number of ether oxygens (including phenoxy) is 2. The fraction of sp³-hybridized carbons (Fsp3) is 0.333. The minimum Gasteiger partial charge on any atom is -0.493 e. The molecule has 2 atom stereocenters. The molecule has 0 radical (unpaired) electrons. The number of aromatic nitrogens is 2. The molecular formula is C24H23F3N4O2. The number of alkyl halides is 2. The molecular weight excluding hydrogens is 433 g/mol. The lowest BCUT2D eigenvalue weighted by molar-refractivity contribution is 0.0216. The van der Waals surface area contributed by atoms with Gasteiger partial charge in [-0.25, -0.2) is 13.2 Å². The Morgan fingerprint density at radius 3 is 2.73 bits per heavy atom. The topological polar surface area (TPSA) is 59.5 Å². The maximum Gasteiger partial charge on any atom is 0.263 e. The van der Waals surface area contributed by atoms with E-state index in [-0.39, 0.29) is 31.4 Å². The Morgan fingerprint density at radius 2 is 1.97 bits per heavy atom. The molecule has 33 heavy (non-hydrogen) atoms. The van der Waals surface area contributed by atoms with Gasteiger partial charge in [-0.05, 0) is 23.8 Å². The summed E-state index contributed by atoms with van der Waals surface area (Å²) >= 11 is 0. The van der Waals surface area contributed by atoms with Crippen LogP contribution in [-0.2, 0) is 11.3 Å². The summed E-state index contributed by atoms with van der Waals surface area (Å²) in [6.07, 6.45) is -2.82. The van der Waals surface area contributed by atoms with E-state index >= 15 is 0 Å². The van der Waals surface area contributed by atoms with Gasteiger partial charge in [-0.1, -0.05) is 36.4 Å². The van der Waals surface area contributed by atoms with Crippen molar-refractivity contribution in [3.05, 3.63) is 66.0 Å². The first kappa shape index (κ1) is 21.5. The van der Waals surface area contributed by atoms with Crippen molar-refractivity contribution in [2.24, 2.45) is 0 Å². The predicted molar refractivity (Wildman–Crippen MR) is 118 cm³/mol. The number of benzene rings is 2. The number of hydrogen-bond acceptors (Lipinski definition) is 6. The zero-order valence-corrected chi connectivity index (χ0v) is 18.0. The normalized spacial score (nSPS) is 21.5. The zero-order chi connectivity index (χ0) is 23.0. The van der Waals surface area contributed by atoms with E-state index in [1.165, 1.54) is 13.2 Å². The molecule has 0 bridgehead atoms. The van der Waals surface area contributed by atoms with Gasteiger partial charge < -0.3 is 19.7 Å². The molecule has 0 saturated carbocycles. The molecule has 1 fully saturated rings. The molecule has 0 spiro atoms. The highest BCUT2D eigenvalue weighted by Crippen LogP contribution is 2.46. The molecule has 2 aromatic carbocycles. The molecule has 9 heteroatoms. The van der Waals surface area contributed by atoms with Gasteiger partial charge in [-0.3, -0.25) is 0 Å². The molecule has 2 aliphatic heterocycles. The standard InChI is InChI=1S/C24H23F3N4O2/c1-32-21-17(8-5-9-18(21)25)19-10-20-22(30-29-19)28-14-24(23(26)27)11-16(12-31(20)24)33-13-15-6-3-2-4-7-15/h2-10,16,23H,11-14H2,1H3,(H,28,30). The fourth-order valence-electron chi connectivity index (χ4n) is 4.64. The maximum atomic E-state index is 14.4. The van der Waals surface area contributed by atoms with Crippen molar-refractivity contribution in [2.75, 3.05) is 30.4 Å². The first-order valence-electron chi connectivity index (χ1n) is 10.7. The van der Waals surface area contributed by atoms with Crippen molar-refractivity contribution in [1.82, 2.24) is 10.2 Å². The molecule has 1 saturated heterocycles. The van der Waals surface area contributed by atoms with E-state index in [4.69, 9.17) is 9.47 Å². The van der Waals surface area contributed by atoms with E-state index in [1.807, 2.05) is 30.3 Å². The van der Waals surface area contributed by atoms with Gasteiger partial charge in [0.2, 0.25) is 0 Å². The summed E-state index contributed by atoms with van der Waals surface area (Å²) in [5.41, 5.74) is 0.783. The number of fused-ring (bicyclic) bond motifs is 3. The second-order valence-electron chi connectivity index (χ2n) is 8.28. The Balaban J connectivity index is 1.48. The van der Waals surface area contributed by atoms with Gasteiger partial charge in [0.1, 0.15) is 5.54 Å². The van der Waals surface area contributed by atoms with Crippen LogP contribution in [0.3, 0.4) is 0 Å². The fourth-order valence-corrected chi connectivity index (χ4v) is 4.64. The van der Waals surface area contributed by atoms with Gasteiger partial charge in [-0.2, -0.15) is 0 Å². The van der Waals surface area contributed by atoms with Gasteiger partial charge in [0.05, 0.1) is 31.2 Å². The van der Waals surface area contributed by atoms with Crippen LogP contribution in [0.1, 0.15) is 12.0 Å². The van der Waals surface area contributed by atoms with Crippen molar-refractivity contribution in [3.63, 3.8) is 0 Å². The van der Waals surface area contributed by atoms with E-state index in [2.05, 4.69) is 15.5 Å². The number of methoxy groups -OCH3 is 1. The molecule has 1 N–H and O–H groups in total. The molecule has 5 rings (SSSR count). The lowest BCUT2D eigenvalue weighted by Gasteiger charge is -2.43. The molecule has 172 valence electrons. The van der Waals surface area contributed by atoms with Gasteiger partial charge in [-0.15, -0.1) is 10.2 Å². The van der Waals surface area contributed by atoms with Gasteiger partial charge >= 0.3 is 0 Å². The average molecular weight is 456 g/mol. The van der Waals surface area contributed by atoms with Gasteiger partial charge in [0.15, 0.2) is 17.4 Å². The average Bonchev–Trinajstić information content (AvgIpc) is 3.24. The van der Waals surface area contributed by atoms with Gasteiger partial charge in [0.25, 0.3) is 6.43 Å². The van der Waals surface area contributed by atoms with Crippen molar-refractivity contribution in [2.45, 2.75) is 31.1 Å². The first-order chi connectivity index (χ1) is 16.0. The molecule has 2 aliphatic rings. The number of nitrogens with zero attached hydrogens (tertiary/aromatic N) is 3. The second kappa shape index (κ2) is 8.55. The van der Waals surface area contributed by atoms with E-state index in [0.717, 1.165) is 5.56 Å². The summed E-state index contributed by atoms with van der Waals surface area (Å²) < 4.78 is 54.3.